The van der Waals surface area contributed by atoms with E-state index in [1.54, 1.807) is 45.9 Å². The van der Waals surface area contributed by atoms with Gasteiger partial charge in [-0.05, 0) is 45.4 Å². The van der Waals surface area contributed by atoms with Crippen LogP contribution in [-0.4, -0.2) is 46.4 Å². The first-order valence-electron chi connectivity index (χ1n) is 9.50. The van der Waals surface area contributed by atoms with Crippen LogP contribution in [0.5, 0.6) is 11.5 Å². The summed E-state index contributed by atoms with van der Waals surface area (Å²) in [6, 6.07) is 4.21. The number of carbonyl (C=O) groups is 3. The highest BCUT2D eigenvalue weighted by Gasteiger charge is 2.46. The number of thioether (sulfide) groups is 1. The van der Waals surface area contributed by atoms with E-state index in [1.807, 2.05) is 0 Å². The molecule has 1 aromatic rings. The number of carbonyl (C=O) groups excluding carboxylic acids is 3. The summed E-state index contributed by atoms with van der Waals surface area (Å²) in [4.78, 5) is 43.3. The minimum Gasteiger partial charge on any atom is -0.493 e. The second-order valence-corrected chi connectivity index (χ2v) is 8.53. The van der Waals surface area contributed by atoms with Crippen molar-refractivity contribution in [3.63, 3.8) is 0 Å². The number of esters is 2. The molecular formula is C21H24N2O6S. The van der Waals surface area contributed by atoms with Crippen LogP contribution in [0.3, 0.4) is 0 Å². The number of allylic oxidation sites excluding steroid dienone is 1. The molecule has 3 rings (SSSR count). The topological polar surface area (TPSA) is 94.5 Å². The van der Waals surface area contributed by atoms with Crippen LogP contribution in [0.4, 0.5) is 0 Å². The molecule has 1 amide bonds. The van der Waals surface area contributed by atoms with Crippen molar-refractivity contribution >= 4 is 34.8 Å². The van der Waals surface area contributed by atoms with E-state index in [0.717, 1.165) is 0 Å². The fourth-order valence-electron chi connectivity index (χ4n) is 3.35. The average molecular weight is 432 g/mol. The van der Waals surface area contributed by atoms with E-state index in [2.05, 4.69) is 4.99 Å². The summed E-state index contributed by atoms with van der Waals surface area (Å²) in [5, 5.41) is 0.223. The van der Waals surface area contributed by atoms with Crippen LogP contribution in [0, 0.1) is 0 Å². The number of fused-ring (bicyclic) bond motifs is 1. The van der Waals surface area contributed by atoms with Crippen LogP contribution >= 0.6 is 11.8 Å². The van der Waals surface area contributed by atoms with E-state index in [1.165, 1.54) is 30.7 Å². The molecule has 2 aliphatic rings. The van der Waals surface area contributed by atoms with Crippen LogP contribution in [-0.2, 0) is 19.1 Å². The second-order valence-electron chi connectivity index (χ2n) is 7.22. The molecule has 0 N–H and O–H groups in total. The number of hydrogen-bond acceptors (Lipinski definition) is 8. The van der Waals surface area contributed by atoms with E-state index in [9.17, 15) is 14.4 Å². The van der Waals surface area contributed by atoms with Crippen molar-refractivity contribution in [2.24, 2.45) is 4.99 Å². The third kappa shape index (κ3) is 4.07. The Morgan fingerprint density at radius 1 is 1.23 bits per heavy atom. The lowest BCUT2D eigenvalue weighted by molar-refractivity contribution is -0.143. The van der Waals surface area contributed by atoms with Gasteiger partial charge in [0.15, 0.2) is 16.7 Å². The molecule has 1 saturated heterocycles. The molecule has 160 valence electrons. The predicted octanol–water partition coefficient (Wildman–Crippen LogP) is 3.22. The quantitative estimate of drug-likeness (QED) is 0.521. The van der Waals surface area contributed by atoms with Gasteiger partial charge in [-0.15, -0.1) is 0 Å². The van der Waals surface area contributed by atoms with Crippen molar-refractivity contribution in [3.8, 4) is 11.5 Å². The highest BCUT2D eigenvalue weighted by atomic mass is 32.2. The molecule has 30 heavy (non-hydrogen) atoms. The van der Waals surface area contributed by atoms with Crippen molar-refractivity contribution in [2.75, 3.05) is 7.11 Å². The second kappa shape index (κ2) is 8.51. The van der Waals surface area contributed by atoms with E-state index < -0.39 is 18.0 Å². The molecule has 2 atom stereocenters. The van der Waals surface area contributed by atoms with Gasteiger partial charge in [0.25, 0.3) is 0 Å². The van der Waals surface area contributed by atoms with Crippen LogP contribution in [0.2, 0.25) is 0 Å². The van der Waals surface area contributed by atoms with Crippen LogP contribution in [0.15, 0.2) is 34.5 Å². The molecule has 0 aliphatic carbocycles. The van der Waals surface area contributed by atoms with Crippen molar-refractivity contribution < 1.29 is 28.6 Å². The molecule has 0 spiro atoms. The van der Waals surface area contributed by atoms with Gasteiger partial charge in [0.05, 0.1) is 35.8 Å². The summed E-state index contributed by atoms with van der Waals surface area (Å²) in [5.41, 5.74) is 1.40. The summed E-state index contributed by atoms with van der Waals surface area (Å²) < 4.78 is 16.0. The highest BCUT2D eigenvalue weighted by Crippen LogP contribution is 2.44. The van der Waals surface area contributed by atoms with Gasteiger partial charge in [-0.1, -0.05) is 17.8 Å². The van der Waals surface area contributed by atoms with Gasteiger partial charge < -0.3 is 14.2 Å². The fourth-order valence-corrected chi connectivity index (χ4v) is 4.38. The first kappa shape index (κ1) is 21.9. The van der Waals surface area contributed by atoms with Gasteiger partial charge in [0.2, 0.25) is 5.91 Å². The maximum absolute atomic E-state index is 13.0. The molecule has 0 unspecified atom stereocenters. The molecular weight excluding hydrogens is 408 g/mol. The molecule has 0 radical (unpaired) electrons. The third-order valence-corrected chi connectivity index (χ3v) is 5.63. The first-order chi connectivity index (χ1) is 14.1. The van der Waals surface area contributed by atoms with Crippen molar-refractivity contribution in [3.05, 3.63) is 35.0 Å². The van der Waals surface area contributed by atoms with E-state index >= 15 is 0 Å². The minimum absolute atomic E-state index is 0.144. The summed E-state index contributed by atoms with van der Waals surface area (Å²) >= 11 is 1.35. The molecule has 1 aromatic carbocycles. The zero-order chi connectivity index (χ0) is 22.2. The Kier molecular flexibility index (Phi) is 6.21. The van der Waals surface area contributed by atoms with Gasteiger partial charge in [0, 0.05) is 6.92 Å². The van der Waals surface area contributed by atoms with Gasteiger partial charge >= 0.3 is 11.9 Å². The standard InChI is InChI=1S/C21H24N2O6S/c1-10(2)28-20(26)17-11(3)22-21-23(19(25)12(4)30-21)18(17)14-7-8-15(29-13(5)24)16(9-14)27-6/h7-10,12,18H,1-6H3/t12-,18+/m0/s1. The van der Waals surface area contributed by atoms with Gasteiger partial charge in [-0.2, -0.15) is 0 Å². The average Bonchev–Trinajstić information content (AvgIpc) is 2.93. The number of amidine groups is 1. The van der Waals surface area contributed by atoms with Crippen LogP contribution in [0.25, 0.3) is 0 Å². The van der Waals surface area contributed by atoms with E-state index in [0.29, 0.717) is 22.2 Å². The smallest absolute Gasteiger partial charge is 0.338 e. The first-order valence-corrected chi connectivity index (χ1v) is 10.4. The molecule has 2 heterocycles. The molecule has 2 aliphatic heterocycles. The Hall–Kier alpha value is -2.81. The lowest BCUT2D eigenvalue weighted by Crippen LogP contribution is -2.40. The third-order valence-electron chi connectivity index (χ3n) is 4.58. The zero-order valence-corrected chi connectivity index (χ0v) is 18.5. The minimum atomic E-state index is -0.728. The molecule has 9 heteroatoms. The SMILES string of the molecule is COc1cc([C@@H]2C(C(=O)OC(C)C)=C(C)N=C3S[C@@H](C)C(=O)N32)ccc1OC(C)=O. The largest absolute Gasteiger partial charge is 0.493 e. The predicted molar refractivity (Wildman–Crippen MR) is 112 cm³/mol. The summed E-state index contributed by atoms with van der Waals surface area (Å²) in [6.45, 7) is 8.35. The highest BCUT2D eigenvalue weighted by molar-refractivity contribution is 8.15. The number of aliphatic imine (C=N–C) groups is 1. The Morgan fingerprint density at radius 3 is 2.53 bits per heavy atom. The van der Waals surface area contributed by atoms with Crippen LogP contribution < -0.4 is 9.47 Å². The molecule has 8 nitrogen and oxygen atoms in total. The van der Waals surface area contributed by atoms with Crippen molar-refractivity contribution in [1.29, 1.82) is 0 Å². The lowest BCUT2D eigenvalue weighted by Gasteiger charge is -2.33. The van der Waals surface area contributed by atoms with Gasteiger partial charge in [0.1, 0.15) is 0 Å². The van der Waals surface area contributed by atoms with E-state index in [-0.39, 0.29) is 28.6 Å². The Labute approximate surface area is 179 Å². The van der Waals surface area contributed by atoms with Gasteiger partial charge in [-0.3, -0.25) is 14.5 Å². The lowest BCUT2D eigenvalue weighted by atomic mass is 9.94. The maximum atomic E-state index is 13.0. The van der Waals surface area contributed by atoms with E-state index in [4.69, 9.17) is 14.2 Å². The Morgan fingerprint density at radius 2 is 1.93 bits per heavy atom. The molecule has 0 saturated carbocycles. The summed E-state index contributed by atoms with van der Waals surface area (Å²) in [7, 11) is 1.45. The molecule has 0 bridgehead atoms. The summed E-state index contributed by atoms with van der Waals surface area (Å²) in [5.74, 6) is -0.593. The number of nitrogens with zero attached hydrogens (tertiary/aromatic N) is 2. The Balaban J connectivity index is 2.14. The van der Waals surface area contributed by atoms with Crippen molar-refractivity contribution in [2.45, 2.75) is 52.0 Å². The number of methoxy groups -OCH3 is 1. The zero-order valence-electron chi connectivity index (χ0n) is 17.7. The monoisotopic (exact) mass is 432 g/mol. The summed E-state index contributed by atoms with van der Waals surface area (Å²) in [6.07, 6.45) is -0.327. The normalized spacial score (nSPS) is 20.8. The number of rotatable bonds is 5. The molecule has 1 fully saturated rings. The van der Waals surface area contributed by atoms with Crippen LogP contribution in [0.1, 0.15) is 46.2 Å². The number of benzene rings is 1. The fraction of sp³-hybridized carbons (Fsp3) is 0.429. The Bertz CT molecular complexity index is 968. The van der Waals surface area contributed by atoms with Gasteiger partial charge in [-0.25, -0.2) is 9.79 Å². The number of amides is 1. The number of hydrogen-bond donors (Lipinski definition) is 0. The number of ether oxygens (including phenoxy) is 3. The molecule has 0 aromatic heterocycles. The van der Waals surface area contributed by atoms with Crippen molar-refractivity contribution in [1.82, 2.24) is 4.90 Å². The maximum Gasteiger partial charge on any atom is 0.338 e.